The van der Waals surface area contributed by atoms with Gasteiger partial charge in [0.25, 0.3) is 0 Å². The average molecular weight is 191 g/mol. The van der Waals surface area contributed by atoms with E-state index in [0.29, 0.717) is 11.8 Å². The number of amides is 1. The molecule has 0 bridgehead atoms. The molecule has 1 aliphatic carbocycles. The van der Waals surface area contributed by atoms with E-state index in [4.69, 9.17) is 0 Å². The number of hydrogen-bond donors (Lipinski definition) is 0. The van der Waals surface area contributed by atoms with Crippen molar-refractivity contribution in [2.24, 2.45) is 5.92 Å². The van der Waals surface area contributed by atoms with Gasteiger partial charge in [0.05, 0.1) is 0 Å². The number of hydrogen-bond acceptors (Lipinski definition) is 1. The Hall–Kier alpha value is -0.790. The molecule has 14 heavy (non-hydrogen) atoms. The molecule has 0 aromatic heterocycles. The summed E-state index contributed by atoms with van der Waals surface area (Å²) >= 11 is 0. The minimum Gasteiger partial charge on any atom is -0.336 e. The fourth-order valence-electron chi connectivity index (χ4n) is 3.63. The topological polar surface area (TPSA) is 20.3 Å². The van der Waals surface area contributed by atoms with Crippen LogP contribution in [0.15, 0.2) is 12.2 Å². The normalized spacial score (nSPS) is 41.0. The fourth-order valence-corrected chi connectivity index (χ4v) is 3.63. The monoisotopic (exact) mass is 191 g/mol. The molecule has 2 fully saturated rings. The molecule has 2 atom stereocenters. The van der Waals surface area contributed by atoms with Gasteiger partial charge in [0.2, 0.25) is 5.91 Å². The first-order valence-electron chi connectivity index (χ1n) is 5.80. The first kappa shape index (κ1) is 8.51. The van der Waals surface area contributed by atoms with Crippen LogP contribution in [0.4, 0.5) is 0 Å². The minimum atomic E-state index is 0.254. The number of allylic oxidation sites excluding steroid dienone is 1. The van der Waals surface area contributed by atoms with E-state index in [2.05, 4.69) is 17.1 Å². The summed E-state index contributed by atoms with van der Waals surface area (Å²) in [6, 6.07) is 0. The lowest BCUT2D eigenvalue weighted by atomic mass is 9.70. The standard InChI is InChI=1S/C12H17NO/c14-11-6-8-12-7-2-1-4-10(12)5-3-9-13(11)12/h1,4,10H,2-3,5-9H2/t10-,12+/m1/s1. The highest BCUT2D eigenvalue weighted by Gasteiger charge is 2.51. The van der Waals surface area contributed by atoms with E-state index < -0.39 is 0 Å². The predicted molar refractivity (Wildman–Crippen MR) is 54.8 cm³/mol. The molecular weight excluding hydrogens is 174 g/mol. The van der Waals surface area contributed by atoms with E-state index in [1.165, 1.54) is 25.7 Å². The van der Waals surface area contributed by atoms with E-state index in [0.717, 1.165) is 19.4 Å². The van der Waals surface area contributed by atoms with Crippen LogP contribution < -0.4 is 0 Å². The Morgan fingerprint density at radius 1 is 1.43 bits per heavy atom. The molecule has 2 heteroatoms. The number of rotatable bonds is 0. The van der Waals surface area contributed by atoms with Crippen LogP contribution in [0.25, 0.3) is 0 Å². The molecule has 3 rings (SSSR count). The Bertz CT molecular complexity index is 293. The van der Waals surface area contributed by atoms with Gasteiger partial charge >= 0.3 is 0 Å². The van der Waals surface area contributed by atoms with Crippen molar-refractivity contribution in [1.29, 1.82) is 0 Å². The van der Waals surface area contributed by atoms with Gasteiger partial charge in [0, 0.05) is 24.4 Å². The zero-order valence-electron chi connectivity index (χ0n) is 8.54. The quantitative estimate of drug-likeness (QED) is 0.537. The van der Waals surface area contributed by atoms with Crippen LogP contribution in [-0.2, 0) is 4.79 Å². The summed E-state index contributed by atoms with van der Waals surface area (Å²) in [5, 5.41) is 0. The summed E-state index contributed by atoms with van der Waals surface area (Å²) in [5.41, 5.74) is 0.254. The van der Waals surface area contributed by atoms with Crippen molar-refractivity contribution in [2.45, 2.75) is 44.1 Å². The van der Waals surface area contributed by atoms with Gasteiger partial charge in [0.15, 0.2) is 0 Å². The highest BCUT2D eigenvalue weighted by Crippen LogP contribution is 2.47. The Morgan fingerprint density at radius 2 is 2.36 bits per heavy atom. The van der Waals surface area contributed by atoms with E-state index in [-0.39, 0.29) is 5.54 Å². The van der Waals surface area contributed by atoms with Crippen LogP contribution in [0.3, 0.4) is 0 Å². The molecule has 76 valence electrons. The molecule has 3 aliphatic rings. The fraction of sp³-hybridized carbons (Fsp3) is 0.750. The van der Waals surface area contributed by atoms with Gasteiger partial charge in [-0.3, -0.25) is 4.79 Å². The van der Waals surface area contributed by atoms with Crippen LogP contribution in [0, 0.1) is 5.92 Å². The highest BCUT2D eigenvalue weighted by molar-refractivity contribution is 5.80. The largest absolute Gasteiger partial charge is 0.336 e. The van der Waals surface area contributed by atoms with Gasteiger partial charge in [0.1, 0.15) is 0 Å². The molecule has 0 aromatic rings. The molecule has 0 N–H and O–H groups in total. The van der Waals surface area contributed by atoms with E-state index in [1.54, 1.807) is 0 Å². The van der Waals surface area contributed by atoms with E-state index in [1.807, 2.05) is 0 Å². The second-order valence-electron chi connectivity index (χ2n) is 4.86. The van der Waals surface area contributed by atoms with Crippen LogP contribution in [-0.4, -0.2) is 22.9 Å². The third-order valence-electron chi connectivity index (χ3n) is 4.31. The zero-order chi connectivity index (χ0) is 9.60. The lowest BCUT2D eigenvalue weighted by Crippen LogP contribution is -2.54. The molecule has 1 spiro atoms. The molecule has 2 saturated heterocycles. The lowest BCUT2D eigenvalue weighted by molar-refractivity contribution is -0.134. The van der Waals surface area contributed by atoms with Gasteiger partial charge in [-0.15, -0.1) is 0 Å². The van der Waals surface area contributed by atoms with Gasteiger partial charge < -0.3 is 4.90 Å². The second kappa shape index (κ2) is 2.85. The Morgan fingerprint density at radius 3 is 3.29 bits per heavy atom. The van der Waals surface area contributed by atoms with E-state index in [9.17, 15) is 4.79 Å². The summed E-state index contributed by atoms with van der Waals surface area (Å²) in [4.78, 5) is 14.0. The summed E-state index contributed by atoms with van der Waals surface area (Å²) in [6.07, 6.45) is 11.4. The number of carbonyl (C=O) groups excluding carboxylic acids is 1. The number of nitrogens with zero attached hydrogens (tertiary/aromatic N) is 1. The highest BCUT2D eigenvalue weighted by atomic mass is 16.2. The molecule has 0 radical (unpaired) electrons. The molecule has 0 aromatic carbocycles. The summed E-state index contributed by atoms with van der Waals surface area (Å²) in [7, 11) is 0. The first-order chi connectivity index (χ1) is 6.83. The first-order valence-corrected chi connectivity index (χ1v) is 5.80. The average Bonchev–Trinajstić information content (AvgIpc) is 2.55. The van der Waals surface area contributed by atoms with Crippen molar-refractivity contribution in [3.63, 3.8) is 0 Å². The van der Waals surface area contributed by atoms with Crippen molar-refractivity contribution < 1.29 is 4.79 Å². The van der Waals surface area contributed by atoms with Crippen LogP contribution in [0.2, 0.25) is 0 Å². The number of carbonyl (C=O) groups is 1. The second-order valence-corrected chi connectivity index (χ2v) is 4.86. The molecule has 2 aliphatic heterocycles. The van der Waals surface area contributed by atoms with Crippen LogP contribution in [0.5, 0.6) is 0 Å². The third-order valence-corrected chi connectivity index (χ3v) is 4.31. The maximum absolute atomic E-state index is 11.8. The molecule has 0 unspecified atom stereocenters. The van der Waals surface area contributed by atoms with Gasteiger partial charge in [-0.05, 0) is 32.1 Å². The molecular formula is C12H17NO. The summed E-state index contributed by atoms with van der Waals surface area (Å²) < 4.78 is 0. The molecule has 1 amide bonds. The van der Waals surface area contributed by atoms with Crippen LogP contribution in [0.1, 0.15) is 38.5 Å². The Kier molecular flexibility index (Phi) is 1.73. The third kappa shape index (κ3) is 0.943. The van der Waals surface area contributed by atoms with Gasteiger partial charge in [-0.2, -0.15) is 0 Å². The summed E-state index contributed by atoms with van der Waals surface area (Å²) in [5.74, 6) is 1.07. The lowest BCUT2D eigenvalue weighted by Gasteiger charge is -2.49. The molecule has 2 nitrogen and oxygen atoms in total. The predicted octanol–water partition coefficient (Wildman–Crippen LogP) is 2.11. The van der Waals surface area contributed by atoms with Crippen molar-refractivity contribution in [3.8, 4) is 0 Å². The maximum Gasteiger partial charge on any atom is 0.223 e. The Labute approximate surface area is 85.0 Å². The number of piperidine rings is 1. The SMILES string of the molecule is O=C1CC[C@@]23CCC=C[C@@H]2CCCN13. The smallest absolute Gasteiger partial charge is 0.223 e. The van der Waals surface area contributed by atoms with Gasteiger partial charge in [-0.1, -0.05) is 12.2 Å². The molecule has 2 heterocycles. The van der Waals surface area contributed by atoms with Crippen LogP contribution >= 0.6 is 0 Å². The van der Waals surface area contributed by atoms with Crippen molar-refractivity contribution in [1.82, 2.24) is 4.90 Å². The maximum atomic E-state index is 11.8. The van der Waals surface area contributed by atoms with Crippen molar-refractivity contribution >= 4 is 5.91 Å². The molecule has 0 saturated carbocycles. The minimum absolute atomic E-state index is 0.254. The van der Waals surface area contributed by atoms with E-state index >= 15 is 0 Å². The summed E-state index contributed by atoms with van der Waals surface area (Å²) in [6.45, 7) is 1.02. The van der Waals surface area contributed by atoms with Crippen molar-refractivity contribution in [2.75, 3.05) is 6.54 Å². The van der Waals surface area contributed by atoms with Crippen molar-refractivity contribution in [3.05, 3.63) is 12.2 Å². The zero-order valence-corrected chi connectivity index (χ0v) is 8.54. The Balaban J connectivity index is 2.00. The van der Waals surface area contributed by atoms with Gasteiger partial charge in [-0.25, -0.2) is 0 Å².